The SMILES string of the molecule is C=C1CC[C@@H]2[C@](C)(CO)[C@H](O)CC[C@@]2(C)[C@@H]1CC1CN(Cc2ccccc2)[C@@]2(C(=O)Nc3ccccc32)[C@]12C(=O)OC[C@H]2O. The molecule has 0 bridgehead atoms. The Bertz CT molecular complexity index is 1500. The van der Waals surface area contributed by atoms with Crippen LogP contribution in [0.4, 0.5) is 5.69 Å². The summed E-state index contributed by atoms with van der Waals surface area (Å²) >= 11 is 0. The fourth-order valence-electron chi connectivity index (χ4n) is 10.6. The second kappa shape index (κ2) is 10.2. The van der Waals surface area contributed by atoms with Crippen molar-refractivity contribution >= 4 is 17.6 Å². The fourth-order valence-corrected chi connectivity index (χ4v) is 10.6. The number of amides is 1. The van der Waals surface area contributed by atoms with Gasteiger partial charge in [-0.05, 0) is 66.9 Å². The molecule has 2 aliphatic carbocycles. The smallest absolute Gasteiger partial charge is 0.318 e. The first-order valence-corrected chi connectivity index (χ1v) is 16.1. The first-order valence-electron chi connectivity index (χ1n) is 16.1. The van der Waals surface area contributed by atoms with E-state index in [-0.39, 0.29) is 36.4 Å². The summed E-state index contributed by atoms with van der Waals surface area (Å²) in [7, 11) is 0. The number of nitrogens with one attached hydrogen (secondary N) is 1. The minimum atomic E-state index is -1.53. The van der Waals surface area contributed by atoms with Gasteiger partial charge in [0.1, 0.15) is 23.7 Å². The van der Waals surface area contributed by atoms with E-state index in [1.807, 2.05) is 61.5 Å². The lowest BCUT2D eigenvalue weighted by Crippen LogP contribution is -2.63. The van der Waals surface area contributed by atoms with Gasteiger partial charge in [0.15, 0.2) is 0 Å². The largest absolute Gasteiger partial charge is 0.462 e. The van der Waals surface area contributed by atoms with Crippen LogP contribution in [-0.4, -0.2) is 64.1 Å². The highest BCUT2D eigenvalue weighted by Gasteiger charge is 2.79. The molecule has 0 radical (unpaired) electrons. The van der Waals surface area contributed by atoms with Crippen LogP contribution in [0.5, 0.6) is 0 Å². The third kappa shape index (κ3) is 3.65. The van der Waals surface area contributed by atoms with E-state index < -0.39 is 40.5 Å². The van der Waals surface area contributed by atoms with Crippen LogP contribution in [0.3, 0.4) is 0 Å². The first kappa shape index (κ1) is 29.7. The van der Waals surface area contributed by atoms with Crippen LogP contribution in [-0.2, 0) is 26.4 Å². The van der Waals surface area contributed by atoms with E-state index >= 15 is 0 Å². The molecule has 2 spiro atoms. The van der Waals surface area contributed by atoms with E-state index in [2.05, 4.69) is 23.7 Å². The van der Waals surface area contributed by atoms with E-state index in [1.165, 1.54) is 0 Å². The quantitative estimate of drug-likeness (QED) is 0.303. The Balaban J connectivity index is 1.39. The lowest BCUT2D eigenvalue weighted by molar-refractivity contribution is -0.166. The highest BCUT2D eigenvalue weighted by Crippen LogP contribution is 2.68. The molecule has 2 saturated heterocycles. The molecule has 2 saturated carbocycles. The normalized spacial score (nSPS) is 41.6. The van der Waals surface area contributed by atoms with Crippen molar-refractivity contribution < 1.29 is 29.6 Å². The van der Waals surface area contributed by atoms with Gasteiger partial charge in [-0.15, -0.1) is 0 Å². The summed E-state index contributed by atoms with van der Waals surface area (Å²) in [4.78, 5) is 31.0. The molecule has 2 aromatic carbocycles. The van der Waals surface area contributed by atoms with Crippen molar-refractivity contribution in [3.05, 3.63) is 77.9 Å². The van der Waals surface area contributed by atoms with Crippen LogP contribution in [0.2, 0.25) is 0 Å². The lowest BCUT2D eigenvalue weighted by atomic mass is 9.45. The summed E-state index contributed by atoms with van der Waals surface area (Å²) < 4.78 is 5.71. The van der Waals surface area contributed by atoms with Gasteiger partial charge < -0.3 is 25.4 Å². The fraction of sp³-hybridized carbons (Fsp3) is 0.556. The van der Waals surface area contributed by atoms with Crippen LogP contribution in [0.1, 0.15) is 57.1 Å². The number of cyclic esters (lactones) is 1. The van der Waals surface area contributed by atoms with Crippen LogP contribution in [0.25, 0.3) is 0 Å². The third-order valence-corrected chi connectivity index (χ3v) is 12.7. The predicted molar refractivity (Wildman–Crippen MR) is 165 cm³/mol. The van der Waals surface area contributed by atoms with Gasteiger partial charge in [0.25, 0.3) is 5.91 Å². The van der Waals surface area contributed by atoms with E-state index in [1.54, 1.807) is 0 Å². The van der Waals surface area contributed by atoms with E-state index in [0.29, 0.717) is 37.2 Å². The molecule has 1 unspecified atom stereocenters. The van der Waals surface area contributed by atoms with E-state index in [4.69, 9.17) is 4.74 Å². The van der Waals surface area contributed by atoms with Crippen LogP contribution >= 0.6 is 0 Å². The maximum atomic E-state index is 14.5. The van der Waals surface area contributed by atoms with Gasteiger partial charge in [-0.2, -0.15) is 0 Å². The number of carbonyl (C=O) groups is 2. The Morgan fingerprint density at radius 3 is 2.45 bits per heavy atom. The zero-order chi connectivity index (χ0) is 31.1. The minimum Gasteiger partial charge on any atom is -0.462 e. The Labute approximate surface area is 259 Å². The molecule has 234 valence electrons. The van der Waals surface area contributed by atoms with Crippen molar-refractivity contribution in [2.45, 2.75) is 70.2 Å². The number of carbonyl (C=O) groups excluding carboxylic acids is 2. The first-order chi connectivity index (χ1) is 21.0. The van der Waals surface area contributed by atoms with Gasteiger partial charge in [-0.1, -0.05) is 74.5 Å². The Morgan fingerprint density at radius 2 is 1.75 bits per heavy atom. The van der Waals surface area contributed by atoms with Crippen molar-refractivity contribution in [3.8, 4) is 0 Å². The standard InChI is InChI=1S/C36H44N2O6/c1-22-13-14-28-33(2,16-15-29(40)34(28,3)21-39)26(22)17-24-19-38(18-23-9-5-4-6-10-23)36(35(24)30(41)20-44-32(35)43)25-11-7-8-12-27(25)37-31(36)42/h4-12,24,26,28-30,39-41H,1,13-21H2,2-3H3,(H,37,42)/t24?,26-,28+,29-,30-,33+,34+,35-,36+/m1/s1. The number of fused-ring (bicyclic) bond motifs is 4. The minimum absolute atomic E-state index is 0.0319. The summed E-state index contributed by atoms with van der Waals surface area (Å²) in [5, 5.41) is 36.7. The number of hydrogen-bond donors (Lipinski definition) is 4. The van der Waals surface area contributed by atoms with Crippen LogP contribution < -0.4 is 5.32 Å². The van der Waals surface area contributed by atoms with Crippen molar-refractivity contribution in [1.29, 1.82) is 0 Å². The number of ether oxygens (including phenoxy) is 1. The maximum absolute atomic E-state index is 14.5. The molecule has 1 amide bonds. The lowest BCUT2D eigenvalue weighted by Gasteiger charge is -2.60. The zero-order valence-electron chi connectivity index (χ0n) is 25.7. The van der Waals surface area contributed by atoms with Gasteiger partial charge in [0, 0.05) is 29.8 Å². The van der Waals surface area contributed by atoms with Gasteiger partial charge in [0.05, 0.1) is 12.7 Å². The Morgan fingerprint density at radius 1 is 1.02 bits per heavy atom. The third-order valence-electron chi connectivity index (χ3n) is 12.7. The molecule has 44 heavy (non-hydrogen) atoms. The maximum Gasteiger partial charge on any atom is 0.318 e. The number of esters is 1. The number of anilines is 1. The summed E-state index contributed by atoms with van der Waals surface area (Å²) in [5.74, 6) is -1.23. The Hall–Kier alpha value is -3.04. The number of hydrogen-bond acceptors (Lipinski definition) is 7. The van der Waals surface area contributed by atoms with Gasteiger partial charge >= 0.3 is 5.97 Å². The number of para-hydroxylation sites is 1. The second-order valence-electron chi connectivity index (χ2n) is 14.5. The monoisotopic (exact) mass is 600 g/mol. The predicted octanol–water partition coefficient (Wildman–Crippen LogP) is 4.00. The van der Waals surface area contributed by atoms with Crippen LogP contribution in [0.15, 0.2) is 66.7 Å². The molecule has 4 fully saturated rings. The number of nitrogens with zero attached hydrogens (tertiary/aromatic N) is 1. The van der Waals surface area contributed by atoms with Gasteiger partial charge in [0.2, 0.25) is 0 Å². The van der Waals surface area contributed by atoms with Crippen molar-refractivity contribution in [1.82, 2.24) is 4.90 Å². The summed E-state index contributed by atoms with van der Waals surface area (Å²) in [5.41, 5.74) is -0.463. The number of rotatable bonds is 5. The second-order valence-corrected chi connectivity index (χ2v) is 14.5. The molecule has 2 aromatic rings. The molecule has 5 aliphatic rings. The van der Waals surface area contributed by atoms with E-state index in [9.17, 15) is 24.9 Å². The number of benzene rings is 2. The van der Waals surface area contributed by atoms with Crippen molar-refractivity contribution in [2.75, 3.05) is 25.1 Å². The molecular formula is C36H44N2O6. The summed E-state index contributed by atoms with van der Waals surface area (Å²) in [6.45, 7) is 9.37. The van der Waals surface area contributed by atoms with E-state index in [0.717, 1.165) is 30.4 Å². The van der Waals surface area contributed by atoms with Gasteiger partial charge in [-0.3, -0.25) is 14.5 Å². The van der Waals surface area contributed by atoms with Gasteiger partial charge in [-0.25, -0.2) is 0 Å². The average Bonchev–Trinajstić information content (AvgIpc) is 3.60. The topological polar surface area (TPSA) is 119 Å². The molecule has 3 heterocycles. The highest BCUT2D eigenvalue weighted by molar-refractivity contribution is 6.10. The molecular weight excluding hydrogens is 556 g/mol. The van der Waals surface area contributed by atoms with Crippen LogP contribution in [0, 0.1) is 34.0 Å². The van der Waals surface area contributed by atoms with Crippen molar-refractivity contribution in [2.24, 2.45) is 34.0 Å². The molecule has 8 nitrogen and oxygen atoms in total. The molecule has 0 aromatic heterocycles. The molecule has 8 heteroatoms. The Kier molecular flexibility index (Phi) is 6.90. The molecule has 9 atom stereocenters. The average molecular weight is 601 g/mol. The van der Waals surface area contributed by atoms with Crippen molar-refractivity contribution in [3.63, 3.8) is 0 Å². The number of likely N-dealkylation sites (tertiary alicyclic amines) is 1. The molecule has 4 N–H and O–H groups in total. The zero-order valence-corrected chi connectivity index (χ0v) is 25.7. The highest BCUT2D eigenvalue weighted by atomic mass is 16.6. The number of aliphatic hydroxyl groups is 3. The number of allylic oxidation sites excluding steroid dienone is 1. The molecule has 3 aliphatic heterocycles. The molecule has 7 rings (SSSR count). The summed E-state index contributed by atoms with van der Waals surface area (Å²) in [6, 6.07) is 17.4. The number of aliphatic hydroxyl groups excluding tert-OH is 3. The summed E-state index contributed by atoms with van der Waals surface area (Å²) in [6.07, 6.45) is 1.71.